The second-order valence-corrected chi connectivity index (χ2v) is 34.3. The number of nitrogens with two attached hydrogens (primary N) is 4. The lowest BCUT2D eigenvalue weighted by Gasteiger charge is -2.34. The van der Waals surface area contributed by atoms with Crippen LogP contribution in [0.4, 0.5) is 73.8 Å². The number of amides is 6. The minimum Gasteiger partial charge on any atom is -0.473 e. The van der Waals surface area contributed by atoms with Gasteiger partial charge in [0.1, 0.15) is 39.9 Å². The second-order valence-electron chi connectivity index (χ2n) is 34.3. The normalized spacial score (nSPS) is 15.6. The summed E-state index contributed by atoms with van der Waals surface area (Å²) in [6.45, 7) is 17.0. The molecule has 0 bridgehead atoms. The van der Waals surface area contributed by atoms with Crippen molar-refractivity contribution in [1.29, 1.82) is 0 Å². The fourth-order valence-corrected chi connectivity index (χ4v) is 17.2. The number of likely N-dealkylation sites (N-methyl/N-ethyl adjacent to an activating group) is 3. The quantitative estimate of drug-likeness (QED) is 0.0394. The fraction of sp³-hybridized carbons (Fsp3) is 0.287. The maximum atomic E-state index is 15.0. The van der Waals surface area contributed by atoms with Crippen molar-refractivity contribution >= 4 is 115 Å². The van der Waals surface area contributed by atoms with Crippen molar-refractivity contribution in [3.8, 4) is 39.3 Å². The Hall–Kier alpha value is -16.6. The average Bonchev–Trinajstić information content (AvgIpc) is 1.68. The first-order valence-corrected chi connectivity index (χ1v) is 44.7. The fourth-order valence-electron chi connectivity index (χ4n) is 17.2. The predicted molar refractivity (Wildman–Crippen MR) is 511 cm³/mol. The van der Waals surface area contributed by atoms with E-state index in [1.54, 1.807) is 59.0 Å². The molecule has 15 aromatic heterocycles. The Morgan fingerprint density at radius 3 is 1.21 bits per heavy atom. The molecule has 41 nitrogen and oxygen atoms in total. The number of fused-ring (bicyclic) bond motifs is 4. The van der Waals surface area contributed by atoms with Crippen molar-refractivity contribution in [3.05, 3.63) is 240 Å². The van der Waals surface area contributed by atoms with Crippen LogP contribution in [0.25, 0.3) is 61.5 Å². The lowest BCUT2D eigenvalue weighted by Crippen LogP contribution is -2.47. The van der Waals surface area contributed by atoms with Crippen molar-refractivity contribution in [1.82, 2.24) is 123 Å². The van der Waals surface area contributed by atoms with E-state index in [1.807, 2.05) is 70.3 Å². The lowest BCUT2D eigenvalue weighted by atomic mass is 9.93. The van der Waals surface area contributed by atoms with E-state index < -0.39 is 52.7 Å². The standard InChI is InChI=1S/C24H26F2N8O2.C24H24FN9O2.C23H24FN9O.C23H23FN8O2/c1-32-6-2-15(3-7-32)24(36)33-8-4-14(5-9-33)19-17(26)11-28-12-18(19)30-23(35)20-21(27)31-34-13-16(25)10-29-22(20)34;1-14-16(3-4-18(29-14)24(36)33-9-7-32(2)8-10-33)17-5-6-27-12-19(17)30-23(35)20-21(26)31-34-13-15(25)11-28-22(20)34;1-14-16(3-4-19(28-14)32-9-7-31(2)8-10-32)17-5-6-26-12-18(17)29-23(34)20-21(25)30-33-13-15(24)11-27-22(20)33;1-13-16(3-4-19(28-13)34-15-6-8-31(2)12-15)17-5-7-26-10-18(17)29-23(33)20-21(25)30-32-11-14(24)9-27-22(20)32/h4,10-13,15H,2-3,5-9H2,1H3,(H2,27,31)(H,30,35);3-6,11-13H,7-10H2,1-2H3,(H2,26,31)(H,30,35);3-6,11-13H,7-10H2,1-2H3,(H2,25,30)(H,29,34);3-5,7,9-11,15H,6,8,12H2,1-2H3,(H2,25,30)(H,29,33)/t;;;15-/m...1/s1. The molecule has 0 radical (unpaired) electrons. The molecule has 0 aromatic carbocycles. The van der Waals surface area contributed by atoms with Crippen LogP contribution in [0.1, 0.15) is 100 Å². The molecule has 1 atom stereocenters. The Morgan fingerprint density at radius 1 is 0.400 bits per heavy atom. The number of rotatable bonds is 17. The van der Waals surface area contributed by atoms with E-state index in [0.29, 0.717) is 78.1 Å². The van der Waals surface area contributed by atoms with E-state index in [-0.39, 0.29) is 103 Å². The number of nitrogens with one attached hydrogen (secondary N) is 4. The number of nitrogens with zero attached hydrogens (tertiary/aromatic N) is 26. The highest BCUT2D eigenvalue weighted by Crippen LogP contribution is 2.38. The summed E-state index contributed by atoms with van der Waals surface area (Å²) in [6, 6.07) is 16.6. The van der Waals surface area contributed by atoms with E-state index in [2.05, 4.69) is 137 Å². The third kappa shape index (κ3) is 20.9. The van der Waals surface area contributed by atoms with Crippen LogP contribution in [-0.2, 0) is 4.79 Å². The minimum atomic E-state index is -0.675. The molecule has 15 aromatic rings. The molecule has 0 saturated carbocycles. The van der Waals surface area contributed by atoms with Crippen LogP contribution in [0.3, 0.4) is 0 Å². The summed E-state index contributed by atoms with van der Waals surface area (Å²) < 4.78 is 79.4. The molecule has 0 aliphatic carbocycles. The van der Waals surface area contributed by atoms with Crippen molar-refractivity contribution in [3.63, 3.8) is 0 Å². The number of aryl methyl sites for hydroxylation is 3. The van der Waals surface area contributed by atoms with E-state index >= 15 is 0 Å². The number of ether oxygens (including phenoxy) is 1. The molecular formula is C94H97F5N34O7. The van der Waals surface area contributed by atoms with Gasteiger partial charge in [0, 0.05) is 165 Å². The highest BCUT2D eigenvalue weighted by molar-refractivity contribution is 6.15. The first-order valence-electron chi connectivity index (χ1n) is 44.7. The zero-order chi connectivity index (χ0) is 98.4. The monoisotopic (exact) mass is 1910 g/mol. The van der Waals surface area contributed by atoms with E-state index in [9.17, 15) is 50.7 Å². The van der Waals surface area contributed by atoms with Gasteiger partial charge in [-0.1, -0.05) is 12.1 Å². The minimum absolute atomic E-state index is 0.0158. The summed E-state index contributed by atoms with van der Waals surface area (Å²) in [7, 11) is 8.27. The Labute approximate surface area is 796 Å². The van der Waals surface area contributed by atoms with Crippen LogP contribution in [0.5, 0.6) is 5.88 Å². The van der Waals surface area contributed by atoms with Gasteiger partial charge >= 0.3 is 0 Å². The zero-order valence-electron chi connectivity index (χ0n) is 77.1. The number of carbonyl (C=O) groups excluding carboxylic acids is 6. The van der Waals surface area contributed by atoms with Gasteiger partial charge in [0.15, 0.2) is 74.9 Å². The SMILES string of the molecule is CN1CCC(C(=O)N2CC=C(c3c(F)cncc3NC(=O)c3c(N)nn4cc(F)cnc34)CC2)CC1.Cc1nc(C(=O)N2CCN(C)CC2)ccc1-c1ccncc1NC(=O)c1c(N)nn2cc(F)cnc12.Cc1nc(N2CCN(C)CC2)ccc1-c1ccncc1NC(=O)c1c(N)nn2cc(F)cnc12.Cc1nc(O[C@@H]2CCN(C)C2)ccc1-c1ccncc1NC(=O)c1c(N)nn2cc(F)cnc12. The van der Waals surface area contributed by atoms with Gasteiger partial charge in [-0.2, -0.15) is 0 Å². The zero-order valence-corrected chi connectivity index (χ0v) is 77.1. The number of anilines is 9. The van der Waals surface area contributed by atoms with Crippen LogP contribution in [0.15, 0.2) is 160 Å². The number of pyridine rings is 7. The smallest absolute Gasteiger partial charge is 0.272 e. The maximum absolute atomic E-state index is 15.0. The summed E-state index contributed by atoms with van der Waals surface area (Å²) in [4.78, 5) is 139. The number of nitrogen functional groups attached to an aromatic ring is 4. The molecule has 20 rings (SSSR count). The van der Waals surface area contributed by atoms with Crippen molar-refractivity contribution < 1.29 is 55.5 Å². The van der Waals surface area contributed by atoms with Gasteiger partial charge in [-0.15, -0.1) is 20.4 Å². The molecule has 6 amide bonds. The summed E-state index contributed by atoms with van der Waals surface area (Å²) in [6.07, 6.45) is 25.3. The van der Waals surface area contributed by atoms with Crippen LogP contribution >= 0.6 is 0 Å². The Bertz CT molecular complexity index is 7310. The molecular weight excluding hydrogens is 1810 g/mol. The third-order valence-corrected chi connectivity index (χ3v) is 24.6. The summed E-state index contributed by atoms with van der Waals surface area (Å²) >= 11 is 0. The van der Waals surface area contributed by atoms with Gasteiger partial charge in [0.05, 0.1) is 103 Å². The Morgan fingerprint density at radius 2 is 0.800 bits per heavy atom. The van der Waals surface area contributed by atoms with Gasteiger partial charge in [-0.25, -0.2) is 74.9 Å². The van der Waals surface area contributed by atoms with Crippen LogP contribution < -0.4 is 53.8 Å². The van der Waals surface area contributed by atoms with Crippen LogP contribution in [0, 0.1) is 55.8 Å². The number of likely N-dealkylation sites (tertiary alicyclic amines) is 2. The third-order valence-electron chi connectivity index (χ3n) is 24.6. The van der Waals surface area contributed by atoms with Crippen molar-refractivity contribution in [2.75, 3.05) is 169 Å². The van der Waals surface area contributed by atoms with Gasteiger partial charge in [0.25, 0.3) is 29.5 Å². The predicted octanol–water partition coefficient (Wildman–Crippen LogP) is 8.82. The molecule has 12 N–H and O–H groups in total. The number of aromatic nitrogens is 19. The van der Waals surface area contributed by atoms with E-state index in [1.165, 1.54) is 12.4 Å². The summed E-state index contributed by atoms with van der Waals surface area (Å²) in [5.41, 5.74) is 33.8. The first-order chi connectivity index (χ1) is 67.4. The number of hydrogen-bond acceptors (Lipinski definition) is 31. The van der Waals surface area contributed by atoms with Crippen LogP contribution in [0.2, 0.25) is 0 Å². The highest BCUT2D eigenvalue weighted by atomic mass is 19.1. The second kappa shape index (κ2) is 41.1. The molecule has 46 heteroatoms. The van der Waals surface area contributed by atoms with Gasteiger partial charge in [-0.05, 0) is 136 Å². The number of halogens is 5. The molecule has 140 heavy (non-hydrogen) atoms. The van der Waals surface area contributed by atoms with Gasteiger partial charge < -0.3 is 83.2 Å². The number of piperidine rings is 1. The highest BCUT2D eigenvalue weighted by Gasteiger charge is 2.34. The average molecular weight is 1910 g/mol. The molecule has 4 fully saturated rings. The molecule has 4 saturated heterocycles. The lowest BCUT2D eigenvalue weighted by molar-refractivity contribution is -0.136. The molecule has 5 aliphatic heterocycles. The van der Waals surface area contributed by atoms with Gasteiger partial charge in [-0.3, -0.25) is 48.7 Å². The topological polar surface area (TPSA) is 498 Å². The molecule has 20 heterocycles. The summed E-state index contributed by atoms with van der Waals surface area (Å²) in [5, 5.41) is 27.0. The van der Waals surface area contributed by atoms with Gasteiger partial charge in [0.2, 0.25) is 11.8 Å². The maximum Gasteiger partial charge on any atom is 0.272 e. The van der Waals surface area contributed by atoms with Crippen LogP contribution in [-0.4, -0.2) is 284 Å². The van der Waals surface area contributed by atoms with E-state index in [4.69, 9.17) is 32.7 Å². The molecule has 0 unspecified atom stereocenters. The van der Waals surface area contributed by atoms with E-state index in [0.717, 1.165) is 204 Å². The molecule has 5 aliphatic rings. The number of carbonyl (C=O) groups is 6. The molecule has 0 spiro atoms. The molecule has 720 valence electrons. The first kappa shape index (κ1) is 95.1. The van der Waals surface area contributed by atoms with Crippen molar-refractivity contribution in [2.45, 2.75) is 52.6 Å². The Kier molecular flexibility index (Phi) is 27.9. The number of hydrogen-bond donors (Lipinski definition) is 8. The largest absolute Gasteiger partial charge is 0.473 e. The van der Waals surface area contributed by atoms with Crippen molar-refractivity contribution in [2.24, 2.45) is 5.92 Å². The number of piperazine rings is 2. The Balaban J connectivity index is 0.000000129. The summed E-state index contributed by atoms with van der Waals surface area (Å²) in [5.74, 6) is -4.08.